The van der Waals surface area contributed by atoms with E-state index in [1.807, 2.05) is 0 Å². The second-order valence-corrected chi connectivity index (χ2v) is 4.29. The number of aromatic amines is 1. The maximum Gasteiger partial charge on any atom is 0.251 e. The number of oxazole rings is 1. The maximum absolute atomic E-state index is 11.2. The van der Waals surface area contributed by atoms with Crippen LogP contribution in [0, 0.1) is 13.8 Å². The van der Waals surface area contributed by atoms with Gasteiger partial charge in [-0.15, -0.1) is 0 Å². The third-order valence-electron chi connectivity index (χ3n) is 1.87. The summed E-state index contributed by atoms with van der Waals surface area (Å²) < 4.78 is 5.31. The minimum Gasteiger partial charge on any atom is -0.445 e. The molecule has 2 heterocycles. The van der Waals surface area contributed by atoms with Crippen LogP contribution in [0.25, 0.3) is 0 Å². The van der Waals surface area contributed by atoms with Crippen LogP contribution in [0.4, 0.5) is 0 Å². The molecule has 0 amide bonds. The van der Waals surface area contributed by atoms with Crippen molar-refractivity contribution >= 4 is 11.8 Å². The molecule has 0 bridgehead atoms. The molecule has 0 aliphatic carbocycles. The van der Waals surface area contributed by atoms with Crippen LogP contribution in [0.5, 0.6) is 0 Å². The standard InChI is InChI=1S/C10H11N3O2S/c1-6-3-9(14)13-10(12-6)16-5-8-4-11-7(2)15-8/h3-4H,5H2,1-2H3,(H,12,13,14). The van der Waals surface area contributed by atoms with E-state index in [0.717, 1.165) is 5.76 Å². The normalized spacial score (nSPS) is 10.6. The van der Waals surface area contributed by atoms with E-state index >= 15 is 0 Å². The topological polar surface area (TPSA) is 71.8 Å². The van der Waals surface area contributed by atoms with Crippen LogP contribution in [0.2, 0.25) is 0 Å². The number of thioether (sulfide) groups is 1. The monoisotopic (exact) mass is 237 g/mol. The number of aromatic nitrogens is 3. The van der Waals surface area contributed by atoms with Gasteiger partial charge in [-0.1, -0.05) is 11.8 Å². The number of nitrogens with zero attached hydrogens (tertiary/aromatic N) is 2. The summed E-state index contributed by atoms with van der Waals surface area (Å²) in [5.74, 6) is 2.01. The molecule has 0 aliphatic heterocycles. The van der Waals surface area contributed by atoms with Crippen molar-refractivity contribution in [1.29, 1.82) is 0 Å². The lowest BCUT2D eigenvalue weighted by Gasteiger charge is -1.98. The molecule has 0 aliphatic rings. The van der Waals surface area contributed by atoms with Crippen molar-refractivity contribution < 1.29 is 4.42 Å². The molecule has 0 radical (unpaired) electrons. The summed E-state index contributed by atoms with van der Waals surface area (Å²) in [4.78, 5) is 22.0. The van der Waals surface area contributed by atoms with Gasteiger partial charge in [-0.2, -0.15) is 0 Å². The zero-order valence-electron chi connectivity index (χ0n) is 8.98. The largest absolute Gasteiger partial charge is 0.445 e. The summed E-state index contributed by atoms with van der Waals surface area (Å²) in [6.07, 6.45) is 1.68. The summed E-state index contributed by atoms with van der Waals surface area (Å²) in [5.41, 5.74) is 0.573. The van der Waals surface area contributed by atoms with E-state index in [4.69, 9.17) is 4.42 Å². The van der Waals surface area contributed by atoms with Gasteiger partial charge >= 0.3 is 0 Å². The zero-order valence-corrected chi connectivity index (χ0v) is 9.80. The Kier molecular flexibility index (Phi) is 3.09. The van der Waals surface area contributed by atoms with Gasteiger partial charge in [-0.3, -0.25) is 4.79 Å². The number of hydrogen-bond acceptors (Lipinski definition) is 5. The molecule has 0 unspecified atom stereocenters. The molecule has 2 aromatic heterocycles. The van der Waals surface area contributed by atoms with Crippen molar-refractivity contribution in [3.8, 4) is 0 Å². The van der Waals surface area contributed by atoms with Crippen LogP contribution in [-0.2, 0) is 5.75 Å². The van der Waals surface area contributed by atoms with Crippen molar-refractivity contribution in [2.24, 2.45) is 0 Å². The van der Waals surface area contributed by atoms with Crippen molar-refractivity contribution in [2.75, 3.05) is 0 Å². The molecule has 0 atom stereocenters. The fourth-order valence-corrected chi connectivity index (χ4v) is 2.03. The summed E-state index contributed by atoms with van der Waals surface area (Å²) in [7, 11) is 0. The van der Waals surface area contributed by atoms with E-state index in [1.54, 1.807) is 20.0 Å². The molecule has 1 N–H and O–H groups in total. The first-order valence-corrected chi connectivity index (χ1v) is 5.74. The van der Waals surface area contributed by atoms with E-state index in [9.17, 15) is 4.79 Å². The van der Waals surface area contributed by atoms with Crippen molar-refractivity contribution in [3.63, 3.8) is 0 Å². The molecule has 0 fully saturated rings. The van der Waals surface area contributed by atoms with E-state index in [1.165, 1.54) is 17.8 Å². The Bertz CT molecular complexity index is 547. The fourth-order valence-electron chi connectivity index (χ4n) is 1.23. The number of rotatable bonds is 3. The maximum atomic E-state index is 11.2. The van der Waals surface area contributed by atoms with Crippen LogP contribution in [0.1, 0.15) is 17.3 Å². The predicted octanol–water partition coefficient (Wildman–Crippen LogP) is 1.67. The summed E-state index contributed by atoms with van der Waals surface area (Å²) in [5, 5.41) is 0.596. The molecular formula is C10H11N3O2S. The SMILES string of the molecule is Cc1cc(=O)[nH]c(SCc2cnc(C)o2)n1. The summed E-state index contributed by atoms with van der Waals surface area (Å²) in [6.45, 7) is 3.58. The van der Waals surface area contributed by atoms with Gasteiger partial charge in [0.15, 0.2) is 11.0 Å². The lowest BCUT2D eigenvalue weighted by Crippen LogP contribution is -2.07. The highest BCUT2D eigenvalue weighted by molar-refractivity contribution is 7.98. The van der Waals surface area contributed by atoms with Gasteiger partial charge < -0.3 is 9.40 Å². The van der Waals surface area contributed by atoms with Crippen molar-refractivity contribution in [1.82, 2.24) is 15.0 Å². The first-order valence-electron chi connectivity index (χ1n) is 4.75. The Labute approximate surface area is 96.3 Å². The van der Waals surface area contributed by atoms with Gasteiger partial charge in [0.2, 0.25) is 0 Å². The van der Waals surface area contributed by atoms with Crippen molar-refractivity contribution in [3.05, 3.63) is 40.0 Å². The van der Waals surface area contributed by atoms with Crippen LogP contribution < -0.4 is 5.56 Å². The number of H-pyrrole nitrogens is 1. The summed E-state index contributed by atoms with van der Waals surface area (Å²) >= 11 is 1.41. The second-order valence-electron chi connectivity index (χ2n) is 3.33. The highest BCUT2D eigenvalue weighted by atomic mass is 32.2. The van der Waals surface area contributed by atoms with Crippen LogP contribution in [-0.4, -0.2) is 15.0 Å². The van der Waals surface area contributed by atoms with Gasteiger partial charge in [0.25, 0.3) is 5.56 Å². The smallest absolute Gasteiger partial charge is 0.251 e. The minimum absolute atomic E-state index is 0.135. The number of hydrogen-bond donors (Lipinski definition) is 1. The van der Waals surface area contributed by atoms with Gasteiger partial charge in [0.1, 0.15) is 5.76 Å². The van der Waals surface area contributed by atoms with Gasteiger partial charge in [-0.05, 0) is 6.92 Å². The lowest BCUT2D eigenvalue weighted by atomic mass is 10.5. The molecule has 16 heavy (non-hydrogen) atoms. The highest BCUT2D eigenvalue weighted by Crippen LogP contribution is 2.18. The third kappa shape index (κ3) is 2.73. The Morgan fingerprint density at radius 2 is 2.31 bits per heavy atom. The molecule has 0 saturated carbocycles. The van der Waals surface area contributed by atoms with E-state index < -0.39 is 0 Å². The second kappa shape index (κ2) is 4.52. The van der Waals surface area contributed by atoms with Gasteiger partial charge in [-0.25, -0.2) is 9.97 Å². The number of nitrogens with one attached hydrogen (secondary N) is 1. The molecule has 5 nitrogen and oxygen atoms in total. The predicted molar refractivity (Wildman–Crippen MR) is 60.4 cm³/mol. The fraction of sp³-hybridized carbons (Fsp3) is 0.300. The molecule has 0 saturated heterocycles. The van der Waals surface area contributed by atoms with E-state index in [2.05, 4.69) is 15.0 Å². The van der Waals surface area contributed by atoms with E-state index in [0.29, 0.717) is 22.5 Å². The molecule has 2 rings (SSSR count). The van der Waals surface area contributed by atoms with Crippen LogP contribution in [0.3, 0.4) is 0 Å². The molecule has 2 aromatic rings. The number of aryl methyl sites for hydroxylation is 2. The highest BCUT2D eigenvalue weighted by Gasteiger charge is 2.03. The van der Waals surface area contributed by atoms with Gasteiger partial charge in [0, 0.05) is 18.7 Å². The quantitative estimate of drug-likeness (QED) is 0.649. The molecule has 84 valence electrons. The molecule has 0 spiro atoms. The first kappa shape index (κ1) is 10.9. The molecule has 6 heteroatoms. The lowest BCUT2D eigenvalue weighted by molar-refractivity contribution is 0.491. The van der Waals surface area contributed by atoms with E-state index in [-0.39, 0.29) is 5.56 Å². The average molecular weight is 237 g/mol. The Hall–Kier alpha value is -1.56. The minimum atomic E-state index is -0.135. The third-order valence-corrected chi connectivity index (χ3v) is 2.76. The van der Waals surface area contributed by atoms with Crippen LogP contribution >= 0.6 is 11.8 Å². The summed E-state index contributed by atoms with van der Waals surface area (Å²) in [6, 6.07) is 1.46. The van der Waals surface area contributed by atoms with Gasteiger partial charge in [0.05, 0.1) is 11.9 Å². The van der Waals surface area contributed by atoms with Crippen LogP contribution in [0.15, 0.2) is 26.6 Å². The Morgan fingerprint density at radius 1 is 1.50 bits per heavy atom. The Morgan fingerprint density at radius 3 is 2.94 bits per heavy atom. The zero-order chi connectivity index (χ0) is 11.5. The molecular weight excluding hydrogens is 226 g/mol. The van der Waals surface area contributed by atoms with Crippen molar-refractivity contribution in [2.45, 2.75) is 24.8 Å². The average Bonchev–Trinajstić information content (AvgIpc) is 2.60. The Balaban J connectivity index is 2.07. The molecule has 0 aromatic carbocycles. The first-order chi connectivity index (χ1) is 7.63.